The second kappa shape index (κ2) is 7.21. The van der Waals surface area contributed by atoms with Gasteiger partial charge in [-0.05, 0) is 30.5 Å². The van der Waals surface area contributed by atoms with Crippen molar-refractivity contribution in [2.45, 2.75) is 30.3 Å². The zero-order valence-electron chi connectivity index (χ0n) is 14.6. The average Bonchev–Trinajstić information content (AvgIpc) is 3.35. The van der Waals surface area contributed by atoms with Gasteiger partial charge in [0.05, 0.1) is 4.90 Å². The minimum absolute atomic E-state index is 0.0765. The predicted octanol–water partition coefficient (Wildman–Crippen LogP) is 1.88. The van der Waals surface area contributed by atoms with E-state index in [2.05, 4.69) is 5.32 Å². The molecule has 27 heavy (non-hydrogen) atoms. The number of benzene rings is 2. The molecule has 1 saturated heterocycles. The number of nitrogens with zero attached hydrogens (tertiary/aromatic N) is 1. The molecular weight excluding hydrogens is 368 g/mol. The van der Waals surface area contributed by atoms with Crippen molar-refractivity contribution in [2.75, 3.05) is 13.3 Å². The van der Waals surface area contributed by atoms with E-state index in [1.165, 1.54) is 16.4 Å². The van der Waals surface area contributed by atoms with E-state index in [4.69, 9.17) is 9.47 Å². The lowest BCUT2D eigenvalue weighted by atomic mass is 10.2. The third-order valence-electron chi connectivity index (χ3n) is 4.77. The molecule has 4 rings (SSSR count). The summed E-state index contributed by atoms with van der Waals surface area (Å²) < 4.78 is 37.9. The van der Waals surface area contributed by atoms with Crippen molar-refractivity contribution in [3.8, 4) is 11.5 Å². The maximum Gasteiger partial charge on any atom is 0.243 e. The minimum atomic E-state index is -3.80. The van der Waals surface area contributed by atoms with Crippen molar-refractivity contribution >= 4 is 15.9 Å². The highest BCUT2D eigenvalue weighted by Gasteiger charge is 2.39. The van der Waals surface area contributed by atoms with E-state index < -0.39 is 16.1 Å². The highest BCUT2D eigenvalue weighted by Crippen LogP contribution is 2.36. The smallest absolute Gasteiger partial charge is 0.243 e. The highest BCUT2D eigenvalue weighted by atomic mass is 32.2. The Morgan fingerprint density at radius 3 is 2.70 bits per heavy atom. The summed E-state index contributed by atoms with van der Waals surface area (Å²) in [5.41, 5.74) is 0.967. The molecule has 2 aromatic rings. The molecule has 142 valence electrons. The second-order valence-electron chi connectivity index (χ2n) is 6.49. The lowest BCUT2D eigenvalue weighted by molar-refractivity contribution is -0.124. The average molecular weight is 388 g/mol. The van der Waals surface area contributed by atoms with Gasteiger partial charge in [-0.1, -0.05) is 30.3 Å². The van der Waals surface area contributed by atoms with Gasteiger partial charge < -0.3 is 14.8 Å². The fourth-order valence-electron chi connectivity index (χ4n) is 3.37. The van der Waals surface area contributed by atoms with Crippen LogP contribution in [0.25, 0.3) is 0 Å². The Labute approximate surface area is 157 Å². The van der Waals surface area contributed by atoms with Crippen molar-refractivity contribution in [1.29, 1.82) is 0 Å². The molecule has 0 aromatic heterocycles. The number of nitrogens with one attached hydrogen (secondary N) is 1. The largest absolute Gasteiger partial charge is 0.454 e. The van der Waals surface area contributed by atoms with Gasteiger partial charge in [0, 0.05) is 19.2 Å². The second-order valence-corrected chi connectivity index (χ2v) is 8.38. The zero-order valence-corrected chi connectivity index (χ0v) is 15.4. The third kappa shape index (κ3) is 3.50. The predicted molar refractivity (Wildman–Crippen MR) is 97.8 cm³/mol. The van der Waals surface area contributed by atoms with Crippen LogP contribution in [0.1, 0.15) is 18.4 Å². The molecule has 0 aliphatic carbocycles. The molecule has 2 aliphatic heterocycles. The van der Waals surface area contributed by atoms with E-state index >= 15 is 0 Å². The standard InChI is InChI=1S/C19H20N2O5S/c22-19(20-12-14-5-2-1-3-6-14)16-7-4-10-21(16)27(23,24)15-8-9-17-18(11-15)26-13-25-17/h1-3,5-6,8-9,11,16H,4,7,10,12-13H2,(H,20,22)/t16-/m0/s1. The highest BCUT2D eigenvalue weighted by molar-refractivity contribution is 7.89. The van der Waals surface area contributed by atoms with E-state index in [-0.39, 0.29) is 17.6 Å². The maximum absolute atomic E-state index is 13.1. The van der Waals surface area contributed by atoms with Crippen LogP contribution in [0.3, 0.4) is 0 Å². The first kappa shape index (κ1) is 17.8. The number of ether oxygens (including phenoxy) is 2. The van der Waals surface area contributed by atoms with Gasteiger partial charge in [0.25, 0.3) is 0 Å². The number of hydrogen-bond donors (Lipinski definition) is 1. The van der Waals surface area contributed by atoms with Crippen molar-refractivity contribution in [3.63, 3.8) is 0 Å². The summed E-state index contributed by atoms with van der Waals surface area (Å²) in [6, 6.07) is 13.3. The molecule has 1 atom stereocenters. The van der Waals surface area contributed by atoms with E-state index in [1.807, 2.05) is 30.3 Å². The fraction of sp³-hybridized carbons (Fsp3) is 0.316. The van der Waals surface area contributed by atoms with Gasteiger partial charge >= 0.3 is 0 Å². The van der Waals surface area contributed by atoms with Crippen LogP contribution in [-0.2, 0) is 21.4 Å². The monoisotopic (exact) mass is 388 g/mol. The summed E-state index contributed by atoms with van der Waals surface area (Å²) in [5.74, 6) is 0.647. The molecule has 2 heterocycles. The number of amides is 1. The number of rotatable bonds is 5. The number of hydrogen-bond acceptors (Lipinski definition) is 5. The van der Waals surface area contributed by atoms with Crippen LogP contribution in [0.5, 0.6) is 11.5 Å². The summed E-state index contributed by atoms with van der Waals surface area (Å²) in [7, 11) is -3.80. The van der Waals surface area contributed by atoms with Crippen LogP contribution in [0.15, 0.2) is 53.4 Å². The summed E-state index contributed by atoms with van der Waals surface area (Å²) in [6.45, 7) is 0.765. The van der Waals surface area contributed by atoms with Crippen molar-refractivity contribution in [2.24, 2.45) is 0 Å². The quantitative estimate of drug-likeness (QED) is 0.845. The third-order valence-corrected chi connectivity index (χ3v) is 6.67. The molecule has 0 unspecified atom stereocenters. The molecule has 2 aliphatic rings. The van der Waals surface area contributed by atoms with Crippen molar-refractivity contribution in [3.05, 3.63) is 54.1 Å². The molecule has 8 heteroatoms. The molecule has 1 amide bonds. The Morgan fingerprint density at radius 2 is 1.89 bits per heavy atom. The summed E-state index contributed by atoms with van der Waals surface area (Å²) in [6.07, 6.45) is 1.15. The van der Waals surface area contributed by atoms with Gasteiger partial charge in [-0.25, -0.2) is 8.42 Å². The first-order valence-corrected chi connectivity index (χ1v) is 10.2. The molecule has 0 bridgehead atoms. The molecule has 1 N–H and O–H groups in total. The van der Waals surface area contributed by atoms with Crippen LogP contribution in [0, 0.1) is 0 Å². The Kier molecular flexibility index (Phi) is 4.75. The summed E-state index contributed by atoms with van der Waals surface area (Å²) in [5, 5.41) is 2.85. The summed E-state index contributed by atoms with van der Waals surface area (Å²) >= 11 is 0. The van der Waals surface area contributed by atoms with E-state index in [9.17, 15) is 13.2 Å². The molecule has 7 nitrogen and oxygen atoms in total. The minimum Gasteiger partial charge on any atom is -0.454 e. The summed E-state index contributed by atoms with van der Waals surface area (Å²) in [4.78, 5) is 12.7. The lowest BCUT2D eigenvalue weighted by Crippen LogP contribution is -2.45. The fourth-order valence-corrected chi connectivity index (χ4v) is 5.04. The van der Waals surface area contributed by atoms with Gasteiger partial charge in [-0.15, -0.1) is 0 Å². The van der Waals surface area contributed by atoms with Crippen LogP contribution in [0.2, 0.25) is 0 Å². The molecule has 1 fully saturated rings. The van der Waals surface area contributed by atoms with E-state index in [0.717, 1.165) is 5.56 Å². The molecule has 2 aromatic carbocycles. The topological polar surface area (TPSA) is 84.9 Å². The number of carbonyl (C=O) groups is 1. The number of carbonyl (C=O) groups excluding carboxylic acids is 1. The number of fused-ring (bicyclic) bond motifs is 1. The first-order valence-electron chi connectivity index (χ1n) is 8.79. The van der Waals surface area contributed by atoms with Gasteiger partial charge in [0.2, 0.25) is 22.7 Å². The number of sulfonamides is 1. The normalized spacial score (nSPS) is 19.2. The van der Waals surface area contributed by atoms with Gasteiger partial charge in [0.15, 0.2) is 11.5 Å². The molecular formula is C19H20N2O5S. The van der Waals surface area contributed by atoms with E-state index in [0.29, 0.717) is 37.4 Å². The van der Waals surface area contributed by atoms with Crippen LogP contribution < -0.4 is 14.8 Å². The Bertz CT molecular complexity index is 946. The Hall–Kier alpha value is -2.58. The Morgan fingerprint density at radius 1 is 1.11 bits per heavy atom. The van der Waals surface area contributed by atoms with Gasteiger partial charge in [-0.2, -0.15) is 4.31 Å². The SMILES string of the molecule is O=C(NCc1ccccc1)[C@@H]1CCCN1S(=O)(=O)c1ccc2c(c1)OCO2. The van der Waals surface area contributed by atoms with Crippen LogP contribution in [-0.4, -0.2) is 38.0 Å². The van der Waals surface area contributed by atoms with Crippen molar-refractivity contribution in [1.82, 2.24) is 9.62 Å². The van der Waals surface area contributed by atoms with Gasteiger partial charge in [-0.3, -0.25) is 4.79 Å². The lowest BCUT2D eigenvalue weighted by Gasteiger charge is -2.23. The van der Waals surface area contributed by atoms with Crippen molar-refractivity contribution < 1.29 is 22.7 Å². The zero-order chi connectivity index (χ0) is 18.9. The van der Waals surface area contributed by atoms with Gasteiger partial charge in [0.1, 0.15) is 6.04 Å². The molecule has 0 saturated carbocycles. The van der Waals surface area contributed by atoms with Crippen LogP contribution in [0.4, 0.5) is 0 Å². The van der Waals surface area contributed by atoms with E-state index in [1.54, 1.807) is 6.07 Å². The first-order chi connectivity index (χ1) is 13.1. The van der Waals surface area contributed by atoms with Crippen LogP contribution >= 0.6 is 0 Å². The molecule has 0 radical (unpaired) electrons. The molecule has 0 spiro atoms. The Balaban J connectivity index is 1.50. The maximum atomic E-state index is 13.1.